The van der Waals surface area contributed by atoms with Gasteiger partial charge in [0.05, 0.1) is 11.7 Å². The molecule has 4 heterocycles. The first-order chi connectivity index (χ1) is 17.6. The molecule has 10 heteroatoms. The van der Waals surface area contributed by atoms with Crippen molar-refractivity contribution in [2.75, 3.05) is 13.1 Å². The summed E-state index contributed by atoms with van der Waals surface area (Å²) >= 11 is 0. The number of aromatic nitrogens is 2. The van der Waals surface area contributed by atoms with E-state index >= 15 is 4.39 Å². The molecule has 0 saturated carbocycles. The third kappa shape index (κ3) is 4.10. The number of hydrogen-bond donors (Lipinski definition) is 3. The molecular formula is C27H36FN5O4. The van der Waals surface area contributed by atoms with Gasteiger partial charge < -0.3 is 10.2 Å². The van der Waals surface area contributed by atoms with E-state index in [1.165, 1.54) is 4.90 Å². The average Bonchev–Trinajstić information content (AvgIpc) is 3.43. The Kier molecular flexibility index (Phi) is 6.72. The molecule has 1 aromatic heterocycles. The third-order valence-electron chi connectivity index (χ3n) is 9.12. The van der Waals surface area contributed by atoms with Crippen LogP contribution in [0.3, 0.4) is 0 Å². The fourth-order valence-electron chi connectivity index (χ4n) is 6.71. The fraction of sp³-hybridized carbons (Fsp3) is 0.593. The SMILES string of the molecule is CCC1(CC)CN(Cc2ccnn2C)CC[C@]1(O)c1ccc2c(c1F)CN([C@H]1CCC(=O)NC1=O)C2O. The minimum atomic E-state index is -1.38. The number of aryl methyl sites for hydroxylation is 1. The summed E-state index contributed by atoms with van der Waals surface area (Å²) in [6.45, 7) is 6.04. The smallest absolute Gasteiger partial charge is 0.244 e. The molecule has 5 rings (SSSR count). The summed E-state index contributed by atoms with van der Waals surface area (Å²) in [5.74, 6) is -1.33. The van der Waals surface area contributed by atoms with Crippen LogP contribution >= 0.6 is 0 Å². The molecule has 2 fully saturated rings. The monoisotopic (exact) mass is 513 g/mol. The van der Waals surface area contributed by atoms with Crippen molar-refractivity contribution in [1.29, 1.82) is 0 Å². The lowest BCUT2D eigenvalue weighted by molar-refractivity contribution is -0.150. The lowest BCUT2D eigenvalue weighted by Crippen LogP contribution is -2.58. The van der Waals surface area contributed by atoms with Gasteiger partial charge in [-0.1, -0.05) is 26.0 Å². The number of imide groups is 1. The van der Waals surface area contributed by atoms with Crippen LogP contribution in [-0.4, -0.2) is 60.7 Å². The maximum absolute atomic E-state index is 16.3. The van der Waals surface area contributed by atoms with E-state index in [0.717, 1.165) is 5.69 Å². The predicted octanol–water partition coefficient (Wildman–Crippen LogP) is 2.07. The summed E-state index contributed by atoms with van der Waals surface area (Å²) in [6, 6.07) is 4.56. The topological polar surface area (TPSA) is 111 Å². The Balaban J connectivity index is 1.45. The molecule has 9 nitrogen and oxygen atoms in total. The second kappa shape index (κ2) is 9.58. The van der Waals surface area contributed by atoms with Crippen molar-refractivity contribution < 1.29 is 24.2 Å². The van der Waals surface area contributed by atoms with Gasteiger partial charge in [-0.15, -0.1) is 0 Å². The highest BCUT2D eigenvalue weighted by Gasteiger charge is 2.54. The molecule has 0 radical (unpaired) electrons. The van der Waals surface area contributed by atoms with Gasteiger partial charge in [-0.25, -0.2) is 4.39 Å². The highest BCUT2D eigenvalue weighted by atomic mass is 19.1. The number of carbonyl (C=O) groups excluding carboxylic acids is 2. The van der Waals surface area contributed by atoms with E-state index in [1.54, 1.807) is 18.3 Å². The standard InChI is InChI=1S/C27H36FN5O4/c1-4-26(5-2)16-32(14-17-10-12-29-31(17)3)13-11-27(26,37)20-7-6-18-19(23(20)28)15-33(25(18)36)21-8-9-22(34)30-24(21)35/h6-7,10,12,21,25,36-37H,4-5,8-9,11,13-16H2,1-3H3,(H,30,34,35)/t21-,25?,27-/m0/s1. The molecule has 3 N–H and O–H groups in total. The summed E-state index contributed by atoms with van der Waals surface area (Å²) in [5, 5.41) is 29.8. The predicted molar refractivity (Wildman–Crippen MR) is 133 cm³/mol. The number of nitrogens with one attached hydrogen (secondary N) is 1. The summed E-state index contributed by atoms with van der Waals surface area (Å²) in [7, 11) is 1.91. The highest BCUT2D eigenvalue weighted by molar-refractivity contribution is 6.00. The second-order valence-electron chi connectivity index (χ2n) is 10.8. The Labute approximate surface area is 216 Å². The molecule has 0 aliphatic carbocycles. The third-order valence-corrected chi connectivity index (χ3v) is 9.12. The maximum Gasteiger partial charge on any atom is 0.244 e. The Hall–Kier alpha value is -2.66. The van der Waals surface area contributed by atoms with E-state index in [9.17, 15) is 19.8 Å². The van der Waals surface area contributed by atoms with Crippen LogP contribution in [-0.2, 0) is 35.3 Å². The first kappa shape index (κ1) is 26.0. The van der Waals surface area contributed by atoms with E-state index in [0.29, 0.717) is 50.0 Å². The number of aliphatic hydroxyl groups excluding tert-OH is 1. The molecule has 2 amide bonds. The molecule has 2 aromatic rings. The van der Waals surface area contributed by atoms with Gasteiger partial charge in [-0.05, 0) is 31.7 Å². The zero-order valence-electron chi connectivity index (χ0n) is 21.7. The van der Waals surface area contributed by atoms with Gasteiger partial charge in [0.25, 0.3) is 0 Å². The Morgan fingerprint density at radius 3 is 2.62 bits per heavy atom. The average molecular weight is 514 g/mol. The van der Waals surface area contributed by atoms with Crippen molar-refractivity contribution >= 4 is 11.8 Å². The number of amides is 2. The quantitative estimate of drug-likeness (QED) is 0.507. The number of aliphatic hydroxyl groups is 2. The molecule has 1 aromatic carbocycles. The minimum absolute atomic E-state index is 0.0381. The number of hydrogen-bond acceptors (Lipinski definition) is 7. The summed E-state index contributed by atoms with van der Waals surface area (Å²) in [5.41, 5.74) is 0.0963. The molecule has 200 valence electrons. The van der Waals surface area contributed by atoms with Crippen molar-refractivity contribution in [3.8, 4) is 0 Å². The van der Waals surface area contributed by atoms with Crippen LogP contribution in [0.25, 0.3) is 0 Å². The van der Waals surface area contributed by atoms with E-state index in [-0.39, 0.29) is 30.9 Å². The molecule has 0 bridgehead atoms. The number of benzene rings is 1. The number of fused-ring (bicyclic) bond motifs is 1. The van der Waals surface area contributed by atoms with Crippen molar-refractivity contribution in [1.82, 2.24) is 24.9 Å². The molecular weight excluding hydrogens is 477 g/mol. The van der Waals surface area contributed by atoms with E-state index < -0.39 is 35.0 Å². The van der Waals surface area contributed by atoms with E-state index in [1.807, 2.05) is 31.6 Å². The Bertz CT molecular complexity index is 1210. The summed E-state index contributed by atoms with van der Waals surface area (Å²) in [4.78, 5) is 27.9. The minimum Gasteiger partial charge on any atom is -0.384 e. The number of likely N-dealkylation sites (tertiary alicyclic amines) is 1. The van der Waals surface area contributed by atoms with E-state index in [4.69, 9.17) is 0 Å². The molecule has 3 atom stereocenters. The summed E-state index contributed by atoms with van der Waals surface area (Å²) < 4.78 is 18.1. The molecule has 0 spiro atoms. The lowest BCUT2D eigenvalue weighted by atomic mass is 9.61. The molecule has 3 aliphatic rings. The first-order valence-corrected chi connectivity index (χ1v) is 13.1. The van der Waals surface area contributed by atoms with Crippen molar-refractivity contribution in [2.45, 2.75) is 76.9 Å². The first-order valence-electron chi connectivity index (χ1n) is 13.1. The largest absolute Gasteiger partial charge is 0.384 e. The Morgan fingerprint density at radius 1 is 1.22 bits per heavy atom. The van der Waals surface area contributed by atoms with Crippen molar-refractivity contribution in [3.05, 3.63) is 52.6 Å². The van der Waals surface area contributed by atoms with Crippen LogP contribution in [0, 0.1) is 11.2 Å². The number of nitrogens with zero attached hydrogens (tertiary/aromatic N) is 4. The van der Waals surface area contributed by atoms with Crippen LogP contribution in [0.1, 0.15) is 74.6 Å². The van der Waals surface area contributed by atoms with Gasteiger partial charge in [0.15, 0.2) is 0 Å². The van der Waals surface area contributed by atoms with Crippen LogP contribution in [0.5, 0.6) is 0 Å². The van der Waals surface area contributed by atoms with Crippen molar-refractivity contribution in [3.63, 3.8) is 0 Å². The van der Waals surface area contributed by atoms with E-state index in [2.05, 4.69) is 15.3 Å². The number of halogens is 1. The van der Waals surface area contributed by atoms with Gasteiger partial charge >= 0.3 is 0 Å². The normalized spacial score (nSPS) is 28.4. The van der Waals surface area contributed by atoms with Gasteiger partial charge in [0, 0.05) is 67.9 Å². The summed E-state index contributed by atoms with van der Waals surface area (Å²) in [6.07, 6.45) is 2.78. The molecule has 2 saturated heterocycles. The van der Waals surface area contributed by atoms with Crippen LogP contribution in [0.2, 0.25) is 0 Å². The second-order valence-corrected chi connectivity index (χ2v) is 10.8. The molecule has 37 heavy (non-hydrogen) atoms. The van der Waals surface area contributed by atoms with Crippen molar-refractivity contribution in [2.24, 2.45) is 12.5 Å². The van der Waals surface area contributed by atoms with Gasteiger partial charge in [0.2, 0.25) is 11.8 Å². The molecule has 1 unspecified atom stereocenters. The lowest BCUT2D eigenvalue weighted by Gasteiger charge is -2.54. The van der Waals surface area contributed by atoms with Crippen LogP contribution in [0.15, 0.2) is 24.4 Å². The highest BCUT2D eigenvalue weighted by Crippen LogP contribution is 2.52. The number of carbonyl (C=O) groups is 2. The zero-order chi connectivity index (χ0) is 26.5. The van der Waals surface area contributed by atoms with Crippen LogP contribution in [0.4, 0.5) is 4.39 Å². The number of rotatable bonds is 6. The maximum atomic E-state index is 16.3. The Morgan fingerprint density at radius 2 is 1.97 bits per heavy atom. The van der Waals surface area contributed by atoms with Gasteiger partial charge in [-0.3, -0.25) is 29.4 Å². The van der Waals surface area contributed by atoms with Gasteiger partial charge in [-0.2, -0.15) is 5.10 Å². The van der Waals surface area contributed by atoms with Gasteiger partial charge in [0.1, 0.15) is 17.6 Å². The molecule has 3 aliphatic heterocycles. The zero-order valence-corrected chi connectivity index (χ0v) is 21.7. The van der Waals surface area contributed by atoms with Crippen LogP contribution < -0.4 is 5.32 Å². The fourth-order valence-corrected chi connectivity index (χ4v) is 6.71. The number of piperidine rings is 2.